The summed E-state index contributed by atoms with van der Waals surface area (Å²) in [4.78, 5) is 3.50. The molecule has 2 aromatic rings. The molecule has 96 valence electrons. The lowest BCUT2D eigenvalue weighted by atomic mass is 10.1. The highest BCUT2D eigenvalue weighted by Gasteiger charge is 2.08. The Morgan fingerprint density at radius 2 is 1.89 bits per heavy atom. The molecule has 1 heterocycles. The lowest BCUT2D eigenvalue weighted by Gasteiger charge is -2.15. The van der Waals surface area contributed by atoms with Gasteiger partial charge in [-0.15, -0.1) is 11.3 Å². The van der Waals surface area contributed by atoms with Crippen molar-refractivity contribution < 1.29 is 5.11 Å². The van der Waals surface area contributed by atoms with Gasteiger partial charge in [-0.05, 0) is 36.5 Å². The van der Waals surface area contributed by atoms with E-state index in [1.165, 1.54) is 21.6 Å². The van der Waals surface area contributed by atoms with Crippen LogP contribution in [-0.2, 0) is 6.54 Å². The van der Waals surface area contributed by atoms with Crippen LogP contribution < -0.4 is 0 Å². The second-order valence-electron chi connectivity index (χ2n) is 4.58. The lowest BCUT2D eigenvalue weighted by molar-refractivity contribution is 0.218. The highest BCUT2D eigenvalue weighted by Crippen LogP contribution is 2.29. The molecule has 0 aliphatic carbocycles. The molecule has 0 bridgehead atoms. The summed E-state index contributed by atoms with van der Waals surface area (Å²) in [5, 5.41) is 11.1. The zero-order valence-electron chi connectivity index (χ0n) is 10.9. The summed E-state index contributed by atoms with van der Waals surface area (Å²) in [5.74, 6) is 0. The van der Waals surface area contributed by atoms with Gasteiger partial charge in [-0.25, -0.2) is 0 Å². The smallest absolute Gasteiger partial charge is 0.0558 e. The molecule has 0 atom stereocenters. The third-order valence-corrected chi connectivity index (χ3v) is 3.91. The van der Waals surface area contributed by atoms with E-state index in [1.54, 1.807) is 11.3 Å². The van der Waals surface area contributed by atoms with E-state index < -0.39 is 0 Å². The summed E-state index contributed by atoms with van der Waals surface area (Å²) in [6.45, 7) is 3.92. The van der Waals surface area contributed by atoms with Crippen LogP contribution >= 0.6 is 11.3 Å². The van der Waals surface area contributed by atoms with E-state index >= 15 is 0 Å². The molecule has 2 rings (SSSR count). The van der Waals surface area contributed by atoms with Crippen LogP contribution in [0.25, 0.3) is 11.1 Å². The molecule has 1 aromatic heterocycles. The average Bonchev–Trinajstić information content (AvgIpc) is 2.78. The van der Waals surface area contributed by atoms with Gasteiger partial charge in [0.2, 0.25) is 0 Å². The van der Waals surface area contributed by atoms with Gasteiger partial charge < -0.3 is 5.11 Å². The Kier molecular flexibility index (Phi) is 4.53. The zero-order chi connectivity index (χ0) is 13.0. The number of aliphatic hydroxyl groups excluding tert-OH is 1. The quantitative estimate of drug-likeness (QED) is 0.893. The monoisotopic (exact) mass is 261 g/mol. The fourth-order valence-corrected chi connectivity index (χ4v) is 2.92. The number of thiophene rings is 1. The number of benzene rings is 1. The zero-order valence-corrected chi connectivity index (χ0v) is 11.7. The molecule has 0 unspecified atom stereocenters. The predicted octanol–water partition coefficient (Wildman–Crippen LogP) is 3.15. The first-order chi connectivity index (χ1) is 8.70. The third-order valence-electron chi connectivity index (χ3n) is 3.00. The van der Waals surface area contributed by atoms with Crippen LogP contribution in [0.1, 0.15) is 10.4 Å². The minimum absolute atomic E-state index is 0.210. The van der Waals surface area contributed by atoms with E-state index in [1.807, 2.05) is 7.05 Å². The summed E-state index contributed by atoms with van der Waals surface area (Å²) in [6, 6.07) is 10.8. The van der Waals surface area contributed by atoms with Crippen molar-refractivity contribution in [3.05, 3.63) is 46.2 Å². The first-order valence-corrected chi connectivity index (χ1v) is 7.01. The van der Waals surface area contributed by atoms with Crippen LogP contribution in [0.15, 0.2) is 35.7 Å². The van der Waals surface area contributed by atoms with E-state index in [2.05, 4.69) is 47.5 Å². The van der Waals surface area contributed by atoms with Crippen LogP contribution in [0.2, 0.25) is 0 Å². The van der Waals surface area contributed by atoms with Crippen molar-refractivity contribution in [3.8, 4) is 11.1 Å². The fourth-order valence-electron chi connectivity index (χ4n) is 1.95. The normalized spacial score (nSPS) is 11.1. The maximum absolute atomic E-state index is 8.94. The summed E-state index contributed by atoms with van der Waals surface area (Å²) in [7, 11) is 2.04. The van der Waals surface area contributed by atoms with Crippen LogP contribution in [0.4, 0.5) is 0 Å². The van der Waals surface area contributed by atoms with Gasteiger partial charge >= 0.3 is 0 Å². The van der Waals surface area contributed by atoms with Gasteiger partial charge in [0.15, 0.2) is 0 Å². The van der Waals surface area contributed by atoms with E-state index in [9.17, 15) is 0 Å². The minimum atomic E-state index is 0.210. The average molecular weight is 261 g/mol. The summed E-state index contributed by atoms with van der Waals surface area (Å²) >= 11 is 1.78. The number of likely N-dealkylation sites (N-methyl/N-ethyl adjacent to an activating group) is 1. The SMILES string of the molecule is Cc1ccc(-c2ccsc2CN(C)CCO)cc1. The Bertz CT molecular complexity index is 489. The van der Waals surface area contributed by atoms with Crippen molar-refractivity contribution in [1.82, 2.24) is 4.90 Å². The van der Waals surface area contributed by atoms with Gasteiger partial charge in [0.05, 0.1) is 6.61 Å². The molecular formula is C15H19NOS. The van der Waals surface area contributed by atoms with Crippen molar-refractivity contribution in [1.29, 1.82) is 0 Å². The molecule has 0 aliphatic heterocycles. The minimum Gasteiger partial charge on any atom is -0.395 e. The van der Waals surface area contributed by atoms with E-state index in [4.69, 9.17) is 5.11 Å². The van der Waals surface area contributed by atoms with Gasteiger partial charge in [-0.1, -0.05) is 29.8 Å². The number of aliphatic hydroxyl groups is 1. The van der Waals surface area contributed by atoms with E-state index in [0.717, 1.165) is 6.54 Å². The molecule has 2 nitrogen and oxygen atoms in total. The van der Waals surface area contributed by atoms with Gasteiger partial charge in [-0.3, -0.25) is 4.90 Å². The Morgan fingerprint density at radius 3 is 2.56 bits per heavy atom. The molecule has 0 saturated carbocycles. The highest BCUT2D eigenvalue weighted by molar-refractivity contribution is 7.10. The van der Waals surface area contributed by atoms with Crippen molar-refractivity contribution in [2.75, 3.05) is 20.2 Å². The standard InChI is InChI=1S/C15H19NOS/c1-12-3-5-13(6-4-12)14-7-10-18-15(14)11-16(2)8-9-17/h3-7,10,17H,8-9,11H2,1-2H3. The molecule has 1 N–H and O–H groups in total. The molecule has 0 aliphatic rings. The summed E-state index contributed by atoms with van der Waals surface area (Å²) in [5.41, 5.74) is 3.87. The number of hydrogen-bond donors (Lipinski definition) is 1. The topological polar surface area (TPSA) is 23.5 Å². The van der Waals surface area contributed by atoms with Crippen molar-refractivity contribution in [3.63, 3.8) is 0 Å². The van der Waals surface area contributed by atoms with E-state index in [0.29, 0.717) is 6.54 Å². The maximum atomic E-state index is 8.94. The van der Waals surface area contributed by atoms with Crippen molar-refractivity contribution in [2.45, 2.75) is 13.5 Å². The van der Waals surface area contributed by atoms with Crippen molar-refractivity contribution >= 4 is 11.3 Å². The van der Waals surface area contributed by atoms with Gasteiger partial charge in [0.25, 0.3) is 0 Å². The number of nitrogens with zero attached hydrogens (tertiary/aromatic N) is 1. The molecule has 3 heteroatoms. The molecule has 18 heavy (non-hydrogen) atoms. The van der Waals surface area contributed by atoms with Crippen LogP contribution in [0, 0.1) is 6.92 Å². The molecule has 0 saturated heterocycles. The van der Waals surface area contributed by atoms with Gasteiger partial charge in [0, 0.05) is 18.0 Å². The second kappa shape index (κ2) is 6.14. The first-order valence-electron chi connectivity index (χ1n) is 6.13. The largest absolute Gasteiger partial charge is 0.395 e. The lowest BCUT2D eigenvalue weighted by Crippen LogP contribution is -2.21. The number of aryl methyl sites for hydroxylation is 1. The Labute approximate surface area is 113 Å². The maximum Gasteiger partial charge on any atom is 0.0558 e. The van der Waals surface area contributed by atoms with Gasteiger partial charge in [-0.2, -0.15) is 0 Å². The molecular weight excluding hydrogens is 242 g/mol. The molecule has 1 aromatic carbocycles. The fraction of sp³-hybridized carbons (Fsp3) is 0.333. The van der Waals surface area contributed by atoms with Gasteiger partial charge in [0.1, 0.15) is 0 Å². The molecule has 0 radical (unpaired) electrons. The molecule has 0 amide bonds. The van der Waals surface area contributed by atoms with Crippen LogP contribution in [0.5, 0.6) is 0 Å². The number of hydrogen-bond acceptors (Lipinski definition) is 3. The molecule has 0 spiro atoms. The second-order valence-corrected chi connectivity index (χ2v) is 5.59. The van der Waals surface area contributed by atoms with Crippen LogP contribution in [-0.4, -0.2) is 30.2 Å². The van der Waals surface area contributed by atoms with E-state index in [-0.39, 0.29) is 6.61 Å². The number of rotatable bonds is 5. The molecule has 0 fully saturated rings. The Hall–Kier alpha value is -1.16. The van der Waals surface area contributed by atoms with Crippen LogP contribution in [0.3, 0.4) is 0 Å². The van der Waals surface area contributed by atoms with Crippen molar-refractivity contribution in [2.24, 2.45) is 0 Å². The summed E-state index contributed by atoms with van der Waals surface area (Å²) in [6.07, 6.45) is 0. The third kappa shape index (κ3) is 3.19. The predicted molar refractivity (Wildman–Crippen MR) is 77.9 cm³/mol. The first kappa shape index (κ1) is 13.3. The highest BCUT2D eigenvalue weighted by atomic mass is 32.1. The Balaban J connectivity index is 2.19. The summed E-state index contributed by atoms with van der Waals surface area (Å²) < 4.78 is 0. The Morgan fingerprint density at radius 1 is 1.17 bits per heavy atom.